The Kier molecular flexibility index (Phi) is 5.16. The van der Waals surface area contributed by atoms with Gasteiger partial charge in [-0.1, -0.05) is 0 Å². The van der Waals surface area contributed by atoms with Crippen molar-refractivity contribution in [3.05, 3.63) is 21.9 Å². The number of ether oxygens (including phenoxy) is 1. The van der Waals surface area contributed by atoms with Gasteiger partial charge in [0, 0.05) is 12.6 Å². The van der Waals surface area contributed by atoms with Gasteiger partial charge in [-0.05, 0) is 56.0 Å². The first-order valence-corrected chi connectivity index (χ1v) is 6.97. The van der Waals surface area contributed by atoms with Crippen LogP contribution in [0.25, 0.3) is 0 Å². The third-order valence-electron chi connectivity index (χ3n) is 2.43. The quantitative estimate of drug-likeness (QED) is 0.883. The number of alkyl carbamates (subject to hydrolysis) is 1. The molecule has 1 amide bonds. The molecule has 1 unspecified atom stereocenters. The molecule has 3 N–H and O–H groups in total. The van der Waals surface area contributed by atoms with Crippen molar-refractivity contribution in [1.82, 2.24) is 5.32 Å². The van der Waals surface area contributed by atoms with E-state index in [1.165, 1.54) is 11.1 Å². The fourth-order valence-corrected chi connectivity index (χ4v) is 2.40. The summed E-state index contributed by atoms with van der Waals surface area (Å²) in [5.74, 6) is 0. The predicted octanol–water partition coefficient (Wildman–Crippen LogP) is 2.45. The van der Waals surface area contributed by atoms with E-state index in [4.69, 9.17) is 10.5 Å². The van der Waals surface area contributed by atoms with E-state index in [1.54, 1.807) is 11.3 Å². The monoisotopic (exact) mass is 270 g/mol. The van der Waals surface area contributed by atoms with Gasteiger partial charge in [0.1, 0.15) is 5.60 Å². The highest BCUT2D eigenvalue weighted by atomic mass is 32.1. The summed E-state index contributed by atoms with van der Waals surface area (Å²) in [7, 11) is 0. The number of hydrogen-bond acceptors (Lipinski definition) is 4. The van der Waals surface area contributed by atoms with E-state index >= 15 is 0 Å². The second kappa shape index (κ2) is 6.20. The van der Waals surface area contributed by atoms with Gasteiger partial charge in [0.25, 0.3) is 0 Å². The maximum atomic E-state index is 11.7. The summed E-state index contributed by atoms with van der Waals surface area (Å²) < 4.78 is 5.22. The number of amides is 1. The Labute approximate surface area is 113 Å². The largest absolute Gasteiger partial charge is 0.444 e. The lowest BCUT2D eigenvalue weighted by molar-refractivity contribution is 0.0506. The minimum Gasteiger partial charge on any atom is -0.444 e. The van der Waals surface area contributed by atoms with Gasteiger partial charge in [-0.2, -0.15) is 11.3 Å². The maximum absolute atomic E-state index is 11.7. The lowest BCUT2D eigenvalue weighted by Gasteiger charge is -2.23. The van der Waals surface area contributed by atoms with Crippen molar-refractivity contribution in [2.24, 2.45) is 5.73 Å². The molecule has 18 heavy (non-hydrogen) atoms. The summed E-state index contributed by atoms with van der Waals surface area (Å²) in [4.78, 5) is 11.7. The van der Waals surface area contributed by atoms with Crippen LogP contribution in [-0.4, -0.2) is 24.3 Å². The van der Waals surface area contributed by atoms with E-state index in [1.807, 2.05) is 20.8 Å². The van der Waals surface area contributed by atoms with Crippen LogP contribution < -0.4 is 11.1 Å². The van der Waals surface area contributed by atoms with Crippen molar-refractivity contribution in [3.8, 4) is 0 Å². The summed E-state index contributed by atoms with van der Waals surface area (Å²) in [5.41, 5.74) is 7.67. The van der Waals surface area contributed by atoms with Gasteiger partial charge in [-0.3, -0.25) is 0 Å². The molecule has 102 valence electrons. The number of nitrogens with two attached hydrogens (primary N) is 1. The zero-order valence-electron chi connectivity index (χ0n) is 11.4. The van der Waals surface area contributed by atoms with Crippen LogP contribution in [0.15, 0.2) is 10.8 Å². The molecule has 0 aromatic carbocycles. The van der Waals surface area contributed by atoms with E-state index in [-0.39, 0.29) is 6.04 Å². The lowest BCUT2D eigenvalue weighted by atomic mass is 10.1. The molecule has 1 rings (SSSR count). The number of thiophene rings is 1. The fourth-order valence-electron chi connectivity index (χ4n) is 1.53. The van der Waals surface area contributed by atoms with Crippen LogP contribution in [-0.2, 0) is 11.2 Å². The van der Waals surface area contributed by atoms with Crippen LogP contribution in [0.2, 0.25) is 0 Å². The molecule has 5 heteroatoms. The van der Waals surface area contributed by atoms with Gasteiger partial charge in [-0.15, -0.1) is 0 Å². The average Bonchev–Trinajstić information content (AvgIpc) is 2.60. The summed E-state index contributed by atoms with van der Waals surface area (Å²) in [6.07, 6.45) is 0.330. The van der Waals surface area contributed by atoms with Crippen molar-refractivity contribution >= 4 is 17.4 Å². The Morgan fingerprint density at radius 1 is 1.50 bits per heavy atom. The highest BCUT2D eigenvalue weighted by Crippen LogP contribution is 2.15. The Balaban J connectivity index is 2.52. The van der Waals surface area contributed by atoms with Crippen molar-refractivity contribution in [3.63, 3.8) is 0 Å². The van der Waals surface area contributed by atoms with Crippen molar-refractivity contribution in [1.29, 1.82) is 0 Å². The van der Waals surface area contributed by atoms with Gasteiger partial charge in [-0.25, -0.2) is 4.79 Å². The average molecular weight is 270 g/mol. The number of carbonyl (C=O) groups is 1. The van der Waals surface area contributed by atoms with E-state index in [0.717, 1.165) is 6.42 Å². The third kappa shape index (κ3) is 5.06. The molecule has 0 bridgehead atoms. The number of hydrogen-bond donors (Lipinski definition) is 2. The molecule has 0 aliphatic carbocycles. The van der Waals surface area contributed by atoms with Crippen molar-refractivity contribution < 1.29 is 9.53 Å². The Morgan fingerprint density at radius 2 is 2.17 bits per heavy atom. The zero-order chi connectivity index (χ0) is 13.8. The van der Waals surface area contributed by atoms with E-state index in [0.29, 0.717) is 6.54 Å². The molecular weight excluding hydrogens is 248 g/mol. The van der Waals surface area contributed by atoms with Crippen LogP contribution in [0.1, 0.15) is 31.9 Å². The fraction of sp³-hybridized carbons (Fsp3) is 0.615. The van der Waals surface area contributed by atoms with Gasteiger partial charge >= 0.3 is 6.09 Å². The van der Waals surface area contributed by atoms with E-state index in [2.05, 4.69) is 23.0 Å². The molecule has 1 heterocycles. The van der Waals surface area contributed by atoms with Gasteiger partial charge in [0.2, 0.25) is 0 Å². The van der Waals surface area contributed by atoms with Crippen LogP contribution in [0.5, 0.6) is 0 Å². The third-order valence-corrected chi connectivity index (χ3v) is 3.34. The van der Waals surface area contributed by atoms with E-state index < -0.39 is 11.7 Å². The minimum absolute atomic E-state index is 0.0897. The van der Waals surface area contributed by atoms with Crippen LogP contribution in [0.3, 0.4) is 0 Å². The molecule has 0 saturated carbocycles. The first-order chi connectivity index (χ1) is 8.31. The maximum Gasteiger partial charge on any atom is 0.407 e. The molecular formula is C13H22N2O2S. The van der Waals surface area contributed by atoms with Crippen LogP contribution >= 0.6 is 11.3 Å². The smallest absolute Gasteiger partial charge is 0.407 e. The molecule has 1 aromatic heterocycles. The van der Waals surface area contributed by atoms with Gasteiger partial charge in [0.05, 0.1) is 0 Å². The first kappa shape index (κ1) is 15.0. The first-order valence-electron chi connectivity index (χ1n) is 6.03. The minimum atomic E-state index is -0.485. The molecule has 1 aromatic rings. The Hall–Kier alpha value is -1.07. The predicted molar refractivity (Wildman–Crippen MR) is 75.0 cm³/mol. The molecule has 0 fully saturated rings. The van der Waals surface area contributed by atoms with Gasteiger partial charge < -0.3 is 15.8 Å². The molecule has 0 radical (unpaired) electrons. The van der Waals surface area contributed by atoms with Gasteiger partial charge in [0.15, 0.2) is 0 Å². The highest BCUT2D eigenvalue weighted by Gasteiger charge is 2.19. The van der Waals surface area contributed by atoms with E-state index in [9.17, 15) is 4.79 Å². The molecule has 4 nitrogen and oxygen atoms in total. The second-order valence-corrected chi connectivity index (χ2v) is 6.11. The van der Waals surface area contributed by atoms with Crippen LogP contribution in [0.4, 0.5) is 4.79 Å². The van der Waals surface area contributed by atoms with Crippen molar-refractivity contribution in [2.75, 3.05) is 6.54 Å². The standard InChI is InChI=1S/C13H22N2O2S/c1-9-7-18-8-10(9)5-11(6-14)15-12(16)17-13(2,3)4/h7-8,11H,5-6,14H2,1-4H3,(H,15,16). The number of rotatable bonds is 4. The summed E-state index contributed by atoms with van der Waals surface area (Å²) in [6.45, 7) is 7.98. The molecule has 0 aliphatic rings. The number of nitrogens with one attached hydrogen (secondary N) is 1. The normalized spacial score (nSPS) is 13.2. The topological polar surface area (TPSA) is 64.3 Å². The lowest BCUT2D eigenvalue weighted by Crippen LogP contribution is -2.44. The summed E-state index contributed by atoms with van der Waals surface area (Å²) in [6, 6.07) is -0.0897. The molecule has 0 spiro atoms. The number of carbonyl (C=O) groups excluding carboxylic acids is 1. The second-order valence-electron chi connectivity index (χ2n) is 5.36. The SMILES string of the molecule is Cc1cscc1CC(CN)NC(=O)OC(C)(C)C. The molecule has 1 atom stereocenters. The summed E-state index contributed by atoms with van der Waals surface area (Å²) in [5, 5.41) is 6.99. The molecule has 0 saturated heterocycles. The highest BCUT2D eigenvalue weighted by molar-refractivity contribution is 7.08. The Morgan fingerprint density at radius 3 is 2.61 bits per heavy atom. The van der Waals surface area contributed by atoms with Crippen LogP contribution in [0, 0.1) is 6.92 Å². The Bertz CT molecular complexity index is 396. The molecule has 0 aliphatic heterocycles. The zero-order valence-corrected chi connectivity index (χ0v) is 12.3. The van der Waals surface area contributed by atoms with Crippen molar-refractivity contribution in [2.45, 2.75) is 45.8 Å². The summed E-state index contributed by atoms with van der Waals surface area (Å²) >= 11 is 1.66. The number of aryl methyl sites for hydroxylation is 1.